The van der Waals surface area contributed by atoms with Crippen molar-refractivity contribution in [1.82, 2.24) is 0 Å². The first-order chi connectivity index (χ1) is 5.98. The highest BCUT2D eigenvalue weighted by Gasteiger charge is 2.40. The van der Waals surface area contributed by atoms with Gasteiger partial charge in [0.2, 0.25) is 0 Å². The van der Waals surface area contributed by atoms with E-state index in [1.807, 2.05) is 0 Å². The maximum atomic E-state index is 13.0. The second kappa shape index (κ2) is 5.32. The third-order valence-corrected chi connectivity index (χ3v) is 3.18. The van der Waals surface area contributed by atoms with Gasteiger partial charge >= 0.3 is 7.60 Å². The number of rotatable bonds is 6. The molecule has 0 saturated heterocycles. The Kier molecular flexibility index (Phi) is 5.13. The Hall–Kier alpha value is -0.450. The minimum Gasteiger partial charge on any atom is -0.367 e. The second-order valence-electron chi connectivity index (χ2n) is 2.11. The smallest absolute Gasteiger partial charge is 0.367 e. The first kappa shape index (κ1) is 12.6. The number of alkyl halides is 1. The molecule has 0 rings (SSSR count). The molecule has 0 aliphatic rings. The molecule has 0 saturated carbocycles. The van der Waals surface area contributed by atoms with Gasteiger partial charge in [0.15, 0.2) is 0 Å². The topological polar surface area (TPSA) is 78.6 Å². The Labute approximate surface area is 75.9 Å². The molecule has 78 valence electrons. The zero-order valence-electron chi connectivity index (χ0n) is 7.53. The van der Waals surface area contributed by atoms with Gasteiger partial charge in [0.05, 0.1) is 13.2 Å². The molecule has 0 aromatic heterocycles. The van der Waals surface area contributed by atoms with Crippen molar-refractivity contribution in [1.29, 1.82) is 0 Å². The molecule has 13 heavy (non-hydrogen) atoms. The molecule has 2 N–H and O–H groups in total. The lowest BCUT2D eigenvalue weighted by Gasteiger charge is -2.17. The van der Waals surface area contributed by atoms with Crippen LogP contribution in [-0.2, 0) is 18.4 Å². The summed E-state index contributed by atoms with van der Waals surface area (Å²) in [5.41, 5.74) is 4.64. The lowest BCUT2D eigenvalue weighted by atomic mass is 10.7. The molecule has 5 nitrogen and oxygen atoms in total. The van der Waals surface area contributed by atoms with Gasteiger partial charge in [-0.1, -0.05) is 0 Å². The molecule has 0 aliphatic heterocycles. The molecule has 0 fully saturated rings. The molecule has 0 aromatic rings. The zero-order chi connectivity index (χ0) is 10.5. The summed E-state index contributed by atoms with van der Waals surface area (Å²) in [6.45, 7) is 3.01. The second-order valence-corrected chi connectivity index (χ2v) is 4.16. The van der Waals surface area contributed by atoms with Gasteiger partial charge in [-0.25, -0.2) is 4.39 Å². The maximum absolute atomic E-state index is 13.0. The van der Waals surface area contributed by atoms with E-state index in [0.717, 1.165) is 0 Å². The normalized spacial score (nSPS) is 14.1. The van der Waals surface area contributed by atoms with Crippen LogP contribution in [0.25, 0.3) is 0 Å². The summed E-state index contributed by atoms with van der Waals surface area (Å²) >= 11 is 0. The van der Waals surface area contributed by atoms with E-state index >= 15 is 0 Å². The van der Waals surface area contributed by atoms with Crippen LogP contribution in [0.15, 0.2) is 0 Å². The highest BCUT2D eigenvalue weighted by atomic mass is 31.2. The highest BCUT2D eigenvalue weighted by molar-refractivity contribution is 7.55. The summed E-state index contributed by atoms with van der Waals surface area (Å²) < 4.78 is 33.5. The first-order valence-electron chi connectivity index (χ1n) is 3.80. The van der Waals surface area contributed by atoms with E-state index in [1.54, 1.807) is 0 Å². The number of nitrogens with two attached hydrogens (primary N) is 1. The number of carbonyl (C=O) groups excluding carboxylic acids is 1. The van der Waals surface area contributed by atoms with E-state index in [0.29, 0.717) is 0 Å². The number of hydrogen-bond donors (Lipinski definition) is 1. The lowest BCUT2D eigenvalue weighted by molar-refractivity contribution is -0.120. The first-order valence-corrected chi connectivity index (χ1v) is 5.41. The SMILES string of the molecule is CCOP(=O)(OCC)[C@H](F)C(N)=O. The molecule has 1 amide bonds. The summed E-state index contributed by atoms with van der Waals surface area (Å²) in [6, 6.07) is 0. The summed E-state index contributed by atoms with van der Waals surface area (Å²) in [5.74, 6) is -3.74. The average molecular weight is 213 g/mol. The van der Waals surface area contributed by atoms with E-state index < -0.39 is 19.4 Å². The van der Waals surface area contributed by atoms with E-state index in [4.69, 9.17) is 0 Å². The van der Waals surface area contributed by atoms with E-state index in [1.165, 1.54) is 13.8 Å². The van der Waals surface area contributed by atoms with Crippen LogP contribution in [0.5, 0.6) is 0 Å². The van der Waals surface area contributed by atoms with Gasteiger partial charge in [-0.2, -0.15) is 0 Å². The zero-order valence-corrected chi connectivity index (χ0v) is 8.42. The van der Waals surface area contributed by atoms with Crippen LogP contribution in [0.3, 0.4) is 0 Å². The number of carbonyl (C=O) groups is 1. The molecule has 7 heteroatoms. The molecule has 1 atom stereocenters. The summed E-state index contributed by atoms with van der Waals surface area (Å²) in [7, 11) is -4.01. The number of hydrogen-bond acceptors (Lipinski definition) is 4. The van der Waals surface area contributed by atoms with Crippen LogP contribution in [-0.4, -0.2) is 25.0 Å². The van der Waals surface area contributed by atoms with E-state index in [9.17, 15) is 13.8 Å². The Morgan fingerprint density at radius 3 is 2.08 bits per heavy atom. The predicted octanol–water partition coefficient (Wildman–Crippen LogP) is 1.03. The summed E-state index contributed by atoms with van der Waals surface area (Å²) in [4.78, 5) is 10.4. The van der Waals surface area contributed by atoms with Gasteiger partial charge in [0.1, 0.15) is 0 Å². The molecule has 0 radical (unpaired) electrons. The molecule has 0 aliphatic carbocycles. The van der Waals surface area contributed by atoms with Crippen molar-refractivity contribution in [3.8, 4) is 0 Å². The Morgan fingerprint density at radius 2 is 1.85 bits per heavy atom. The third kappa shape index (κ3) is 3.42. The van der Waals surface area contributed by atoms with Crippen LogP contribution >= 0.6 is 7.60 Å². The van der Waals surface area contributed by atoms with Crippen molar-refractivity contribution in [3.63, 3.8) is 0 Å². The largest absolute Gasteiger partial charge is 0.374 e. The van der Waals surface area contributed by atoms with Crippen molar-refractivity contribution in [2.45, 2.75) is 19.8 Å². The van der Waals surface area contributed by atoms with Crippen molar-refractivity contribution >= 4 is 13.5 Å². The quantitative estimate of drug-likeness (QED) is 0.668. The summed E-state index contributed by atoms with van der Waals surface area (Å²) in [6.07, 6.45) is 0. The third-order valence-electron chi connectivity index (χ3n) is 1.13. The van der Waals surface area contributed by atoms with Gasteiger partial charge in [-0.15, -0.1) is 0 Å². The molecule has 0 bridgehead atoms. The molecule has 0 unspecified atom stereocenters. The van der Waals surface area contributed by atoms with Gasteiger partial charge in [0.25, 0.3) is 11.8 Å². The molecule has 0 spiro atoms. The number of halogens is 1. The Bertz CT molecular complexity index is 213. The van der Waals surface area contributed by atoms with Crippen molar-refractivity contribution in [2.75, 3.05) is 13.2 Å². The molecule has 0 aromatic carbocycles. The van der Waals surface area contributed by atoms with Gasteiger partial charge in [-0.3, -0.25) is 9.36 Å². The standard InChI is InChI=1S/C6H13FNO4P/c1-3-11-13(10,12-4-2)5(7)6(8)9/h5H,3-4H2,1-2H3,(H2,8,9)/t5-/m0/s1. The number of amides is 1. The Balaban J connectivity index is 4.57. The van der Waals surface area contributed by atoms with Crippen molar-refractivity contribution < 1.29 is 22.8 Å². The fraction of sp³-hybridized carbons (Fsp3) is 0.833. The lowest BCUT2D eigenvalue weighted by Crippen LogP contribution is -2.26. The van der Waals surface area contributed by atoms with Crippen molar-refractivity contribution in [3.05, 3.63) is 0 Å². The monoisotopic (exact) mass is 213 g/mol. The fourth-order valence-corrected chi connectivity index (χ4v) is 2.05. The Morgan fingerprint density at radius 1 is 1.46 bits per heavy atom. The van der Waals surface area contributed by atoms with Crippen LogP contribution < -0.4 is 5.73 Å². The average Bonchev–Trinajstić information content (AvgIpc) is 2.03. The number of primary amides is 1. The molecule has 0 heterocycles. The highest BCUT2D eigenvalue weighted by Crippen LogP contribution is 2.53. The van der Waals surface area contributed by atoms with Crippen molar-refractivity contribution in [2.24, 2.45) is 5.73 Å². The molecular weight excluding hydrogens is 200 g/mol. The van der Waals surface area contributed by atoms with Gasteiger partial charge in [-0.05, 0) is 13.8 Å². The van der Waals surface area contributed by atoms with Gasteiger partial charge in [0, 0.05) is 0 Å². The van der Waals surface area contributed by atoms with Crippen LogP contribution in [0, 0.1) is 0 Å². The molecular formula is C6H13FNO4P. The van der Waals surface area contributed by atoms with Crippen LogP contribution in [0.2, 0.25) is 0 Å². The van der Waals surface area contributed by atoms with Crippen LogP contribution in [0.1, 0.15) is 13.8 Å². The fourth-order valence-electron chi connectivity index (χ4n) is 0.684. The van der Waals surface area contributed by atoms with Crippen LogP contribution in [0.4, 0.5) is 4.39 Å². The van der Waals surface area contributed by atoms with E-state index in [2.05, 4.69) is 14.8 Å². The predicted molar refractivity (Wildman–Crippen MR) is 44.9 cm³/mol. The van der Waals surface area contributed by atoms with E-state index in [-0.39, 0.29) is 13.2 Å². The maximum Gasteiger partial charge on any atom is 0.374 e. The van der Waals surface area contributed by atoms with Gasteiger partial charge < -0.3 is 14.8 Å². The summed E-state index contributed by atoms with van der Waals surface area (Å²) in [5, 5.41) is 0. The minimum absolute atomic E-state index is 0.00895. The minimum atomic E-state index is -4.01.